The summed E-state index contributed by atoms with van der Waals surface area (Å²) >= 11 is 0. The van der Waals surface area contributed by atoms with E-state index in [1.807, 2.05) is 0 Å². The zero-order valence-electron chi connectivity index (χ0n) is 16.1. The number of rotatable bonds is 7. The molecule has 3 rings (SSSR count). The maximum Gasteiger partial charge on any atom is 0.258 e. The van der Waals surface area contributed by atoms with Crippen LogP contribution in [0.2, 0.25) is 0 Å². The molecule has 1 fully saturated rings. The van der Waals surface area contributed by atoms with Crippen molar-refractivity contribution in [1.29, 1.82) is 0 Å². The van der Waals surface area contributed by atoms with Crippen molar-refractivity contribution in [2.45, 2.75) is 18.7 Å². The molecule has 0 radical (unpaired) electrons. The first-order valence-electron chi connectivity index (χ1n) is 9.27. The largest absolute Gasteiger partial charge is 0.472 e. The molecule has 8 nitrogen and oxygen atoms in total. The number of morpholine rings is 1. The highest BCUT2D eigenvalue weighted by Gasteiger charge is 2.25. The van der Waals surface area contributed by atoms with Crippen molar-refractivity contribution >= 4 is 27.3 Å². The van der Waals surface area contributed by atoms with Crippen LogP contribution in [0.3, 0.4) is 0 Å². The minimum absolute atomic E-state index is 0.149. The zero-order valence-corrected chi connectivity index (χ0v) is 16.9. The first kappa shape index (κ1) is 20.4. The average Bonchev–Trinajstić information content (AvgIpc) is 3.24. The summed E-state index contributed by atoms with van der Waals surface area (Å²) in [6.07, 6.45) is 2.76. The van der Waals surface area contributed by atoms with Gasteiger partial charge in [-0.2, -0.15) is 4.31 Å². The predicted molar refractivity (Wildman–Crippen MR) is 106 cm³/mol. The molecule has 2 heterocycles. The topological polar surface area (TPSA) is 92.1 Å². The van der Waals surface area contributed by atoms with Crippen LogP contribution >= 0.6 is 0 Å². The van der Waals surface area contributed by atoms with E-state index < -0.39 is 10.0 Å². The Balaban J connectivity index is 2.00. The van der Waals surface area contributed by atoms with Crippen LogP contribution < -0.4 is 10.2 Å². The third-order valence-corrected chi connectivity index (χ3v) is 6.74. The highest BCUT2D eigenvalue weighted by atomic mass is 32.2. The fraction of sp³-hybridized carbons (Fsp3) is 0.421. The average molecular weight is 407 g/mol. The van der Waals surface area contributed by atoms with Crippen LogP contribution in [0.15, 0.2) is 46.1 Å². The van der Waals surface area contributed by atoms with Gasteiger partial charge >= 0.3 is 0 Å². The zero-order chi connectivity index (χ0) is 20.1. The van der Waals surface area contributed by atoms with Crippen molar-refractivity contribution in [2.75, 3.05) is 49.6 Å². The number of nitrogens with one attached hydrogen (secondary N) is 1. The van der Waals surface area contributed by atoms with Gasteiger partial charge in [0.05, 0.1) is 41.3 Å². The number of anilines is 2. The molecule has 1 aromatic carbocycles. The molecule has 1 amide bonds. The highest BCUT2D eigenvalue weighted by Crippen LogP contribution is 2.31. The lowest BCUT2D eigenvalue weighted by molar-refractivity contribution is 0.102. The number of ether oxygens (including phenoxy) is 1. The van der Waals surface area contributed by atoms with E-state index in [1.165, 1.54) is 22.9 Å². The monoisotopic (exact) mass is 407 g/mol. The standard InChI is InChI=1S/C19H25N3O5S/c1-3-22(4-2)28(24,25)16-5-6-18(21-8-11-26-12-9-21)17(13-16)20-19(23)15-7-10-27-14-15/h5-7,10,13-14H,3-4,8-9,11-12H2,1-2H3,(H,20,23). The number of furan rings is 1. The van der Waals surface area contributed by atoms with E-state index in [2.05, 4.69) is 10.2 Å². The Kier molecular flexibility index (Phi) is 6.38. The lowest BCUT2D eigenvalue weighted by Gasteiger charge is -2.31. The third-order valence-electron chi connectivity index (χ3n) is 4.69. The second kappa shape index (κ2) is 8.76. The Hall–Kier alpha value is -2.36. The van der Waals surface area contributed by atoms with Gasteiger partial charge in [0.1, 0.15) is 6.26 Å². The van der Waals surface area contributed by atoms with Crippen molar-refractivity contribution in [3.05, 3.63) is 42.4 Å². The Morgan fingerprint density at radius 1 is 1.18 bits per heavy atom. The summed E-state index contributed by atoms with van der Waals surface area (Å²) in [5.41, 5.74) is 1.57. The molecule has 152 valence electrons. The Morgan fingerprint density at radius 3 is 2.50 bits per heavy atom. The molecule has 1 aromatic heterocycles. The number of hydrogen-bond acceptors (Lipinski definition) is 6. The SMILES string of the molecule is CCN(CC)S(=O)(=O)c1ccc(N2CCOCC2)c(NC(=O)c2ccoc2)c1. The molecule has 1 aliphatic rings. The minimum Gasteiger partial charge on any atom is -0.472 e. The van der Waals surface area contributed by atoms with E-state index in [0.717, 1.165) is 5.69 Å². The fourth-order valence-corrected chi connectivity index (χ4v) is 4.64. The van der Waals surface area contributed by atoms with Crippen LogP contribution in [0.1, 0.15) is 24.2 Å². The molecule has 1 aliphatic heterocycles. The van der Waals surface area contributed by atoms with Gasteiger partial charge in [-0.25, -0.2) is 8.42 Å². The van der Waals surface area contributed by atoms with Crippen LogP contribution in [-0.2, 0) is 14.8 Å². The van der Waals surface area contributed by atoms with Crippen molar-refractivity contribution in [3.8, 4) is 0 Å². The molecule has 0 bridgehead atoms. The number of benzene rings is 1. The Labute approximate surface area is 165 Å². The summed E-state index contributed by atoms with van der Waals surface area (Å²) in [7, 11) is -3.64. The summed E-state index contributed by atoms with van der Waals surface area (Å²) in [5.74, 6) is -0.361. The molecule has 9 heteroatoms. The number of carbonyl (C=O) groups excluding carboxylic acids is 1. The van der Waals surface area contributed by atoms with Crippen LogP contribution in [0.5, 0.6) is 0 Å². The molecular weight excluding hydrogens is 382 g/mol. The summed E-state index contributed by atoms with van der Waals surface area (Å²) in [4.78, 5) is 14.8. The summed E-state index contributed by atoms with van der Waals surface area (Å²) in [6.45, 7) is 6.83. The molecule has 1 N–H and O–H groups in total. The van der Waals surface area contributed by atoms with Crippen molar-refractivity contribution in [1.82, 2.24) is 4.31 Å². The summed E-state index contributed by atoms with van der Waals surface area (Å²) in [6, 6.07) is 6.41. The quantitative estimate of drug-likeness (QED) is 0.758. The minimum atomic E-state index is -3.64. The molecule has 0 saturated carbocycles. The number of hydrogen-bond donors (Lipinski definition) is 1. The predicted octanol–water partition coefficient (Wildman–Crippen LogP) is 2.40. The lowest BCUT2D eigenvalue weighted by Crippen LogP contribution is -2.37. The normalized spacial score (nSPS) is 15.0. The van der Waals surface area contributed by atoms with E-state index in [-0.39, 0.29) is 10.8 Å². The van der Waals surface area contributed by atoms with Gasteiger partial charge in [-0.3, -0.25) is 4.79 Å². The molecule has 0 unspecified atom stereocenters. The van der Waals surface area contributed by atoms with Gasteiger partial charge in [-0.15, -0.1) is 0 Å². The van der Waals surface area contributed by atoms with Gasteiger partial charge in [0.2, 0.25) is 10.0 Å². The van der Waals surface area contributed by atoms with Crippen molar-refractivity contribution in [3.63, 3.8) is 0 Å². The van der Waals surface area contributed by atoms with Gasteiger partial charge in [-0.05, 0) is 24.3 Å². The second-order valence-corrected chi connectivity index (χ2v) is 8.27. The first-order valence-corrected chi connectivity index (χ1v) is 10.7. The maximum atomic E-state index is 12.9. The van der Waals surface area contributed by atoms with E-state index in [1.54, 1.807) is 32.0 Å². The Bertz CT molecular complexity index is 902. The molecule has 28 heavy (non-hydrogen) atoms. The molecular formula is C19H25N3O5S. The smallest absolute Gasteiger partial charge is 0.258 e. The van der Waals surface area contributed by atoms with Crippen molar-refractivity contribution in [2.24, 2.45) is 0 Å². The second-order valence-electron chi connectivity index (χ2n) is 6.33. The van der Waals surface area contributed by atoms with Gasteiger partial charge in [0.15, 0.2) is 0 Å². The van der Waals surface area contributed by atoms with Gasteiger partial charge in [0, 0.05) is 26.2 Å². The molecule has 0 aliphatic carbocycles. The fourth-order valence-electron chi connectivity index (χ4n) is 3.16. The lowest BCUT2D eigenvalue weighted by atomic mass is 10.2. The number of sulfonamides is 1. The van der Waals surface area contributed by atoms with Crippen LogP contribution in [0.25, 0.3) is 0 Å². The Morgan fingerprint density at radius 2 is 1.89 bits per heavy atom. The van der Waals surface area contributed by atoms with Gasteiger partial charge < -0.3 is 19.4 Å². The van der Waals surface area contributed by atoms with Crippen LogP contribution in [0, 0.1) is 0 Å². The van der Waals surface area contributed by atoms with Crippen LogP contribution in [0.4, 0.5) is 11.4 Å². The molecule has 0 spiro atoms. The maximum absolute atomic E-state index is 12.9. The van der Waals surface area contributed by atoms with E-state index in [0.29, 0.717) is 50.6 Å². The highest BCUT2D eigenvalue weighted by molar-refractivity contribution is 7.89. The number of nitrogens with zero attached hydrogens (tertiary/aromatic N) is 2. The van der Waals surface area contributed by atoms with E-state index in [4.69, 9.17) is 9.15 Å². The van der Waals surface area contributed by atoms with Gasteiger partial charge in [0.25, 0.3) is 5.91 Å². The van der Waals surface area contributed by atoms with E-state index in [9.17, 15) is 13.2 Å². The summed E-state index contributed by atoms with van der Waals surface area (Å²) < 4.78 is 37.6. The number of carbonyl (C=O) groups is 1. The summed E-state index contributed by atoms with van der Waals surface area (Å²) in [5, 5.41) is 2.83. The molecule has 2 aromatic rings. The number of amides is 1. The molecule has 0 atom stereocenters. The first-order chi connectivity index (χ1) is 13.5. The third kappa shape index (κ3) is 4.21. The molecule has 1 saturated heterocycles. The van der Waals surface area contributed by atoms with Crippen molar-refractivity contribution < 1.29 is 22.4 Å². The van der Waals surface area contributed by atoms with Gasteiger partial charge in [-0.1, -0.05) is 13.8 Å². The van der Waals surface area contributed by atoms with E-state index >= 15 is 0 Å². The van der Waals surface area contributed by atoms with Crippen LogP contribution in [-0.4, -0.2) is 58.0 Å².